The minimum absolute atomic E-state index is 0.343. The van der Waals surface area contributed by atoms with Crippen LogP contribution in [0.1, 0.15) is 27.8 Å². The summed E-state index contributed by atoms with van der Waals surface area (Å²) < 4.78 is 0. The van der Waals surface area contributed by atoms with Crippen LogP contribution >= 0.6 is 0 Å². The van der Waals surface area contributed by atoms with Gasteiger partial charge in [0.1, 0.15) is 0 Å². The van der Waals surface area contributed by atoms with Crippen molar-refractivity contribution in [3.05, 3.63) is 173 Å². The van der Waals surface area contributed by atoms with Gasteiger partial charge in [0, 0.05) is 16.9 Å². The number of anilines is 3. The van der Waals surface area contributed by atoms with Gasteiger partial charge in [-0.25, -0.2) is 0 Å². The lowest BCUT2D eigenvalue weighted by atomic mass is 9.70. The number of aryl methyl sites for hydroxylation is 1. The first kappa shape index (κ1) is 22.1. The molecule has 6 aromatic rings. The largest absolute Gasteiger partial charge is 0.310 e. The predicted octanol–water partition coefficient (Wildman–Crippen LogP) is 9.81. The highest BCUT2D eigenvalue weighted by Gasteiger charge is 2.52. The zero-order chi connectivity index (χ0) is 26.0. The van der Waals surface area contributed by atoms with Crippen LogP contribution in [0.3, 0.4) is 0 Å². The highest BCUT2D eigenvalue weighted by atomic mass is 15.1. The van der Waals surface area contributed by atoms with Gasteiger partial charge in [0.2, 0.25) is 0 Å². The molecule has 0 aliphatic heterocycles. The van der Waals surface area contributed by atoms with Gasteiger partial charge in [-0.2, -0.15) is 0 Å². The highest BCUT2D eigenvalue weighted by Crippen LogP contribution is 2.64. The summed E-state index contributed by atoms with van der Waals surface area (Å²) in [6.07, 6.45) is 0. The summed E-state index contributed by atoms with van der Waals surface area (Å²) in [5.41, 5.74) is 15.2. The minimum Gasteiger partial charge on any atom is -0.310 e. The lowest BCUT2D eigenvalue weighted by molar-refractivity contribution is 0.794. The Morgan fingerprint density at radius 2 is 0.897 bits per heavy atom. The number of rotatable bonds is 3. The molecule has 184 valence electrons. The van der Waals surface area contributed by atoms with Crippen molar-refractivity contribution in [3.63, 3.8) is 0 Å². The fourth-order valence-corrected chi connectivity index (χ4v) is 7.01. The molecule has 0 radical (unpaired) electrons. The molecule has 0 N–H and O–H groups in total. The summed E-state index contributed by atoms with van der Waals surface area (Å²) in [5, 5.41) is 0. The first-order valence-electron chi connectivity index (χ1n) is 13.6. The van der Waals surface area contributed by atoms with Crippen molar-refractivity contribution in [3.8, 4) is 22.3 Å². The Kier molecular flexibility index (Phi) is 4.72. The molecule has 0 unspecified atom stereocenters. The second kappa shape index (κ2) is 8.31. The third kappa shape index (κ3) is 2.96. The maximum absolute atomic E-state index is 2.42. The van der Waals surface area contributed by atoms with Gasteiger partial charge in [0.05, 0.1) is 11.1 Å². The first-order valence-corrected chi connectivity index (χ1v) is 13.6. The average molecular weight is 498 g/mol. The number of hydrogen-bond acceptors (Lipinski definition) is 1. The average Bonchev–Trinajstić information content (AvgIpc) is 3.47. The van der Waals surface area contributed by atoms with E-state index in [2.05, 4.69) is 157 Å². The van der Waals surface area contributed by atoms with Crippen LogP contribution < -0.4 is 4.90 Å². The van der Waals surface area contributed by atoms with Crippen molar-refractivity contribution in [2.45, 2.75) is 12.3 Å². The maximum Gasteiger partial charge on any atom is 0.0726 e. The van der Waals surface area contributed by atoms with E-state index in [9.17, 15) is 0 Å². The molecule has 0 bridgehead atoms. The summed E-state index contributed by atoms with van der Waals surface area (Å²) in [6, 6.07) is 53.5. The molecular formula is C38H27N. The molecular weight excluding hydrogens is 470 g/mol. The fraction of sp³-hybridized carbons (Fsp3) is 0.0526. The molecule has 0 aromatic heterocycles. The van der Waals surface area contributed by atoms with Crippen molar-refractivity contribution >= 4 is 17.1 Å². The molecule has 8 rings (SSSR count). The van der Waals surface area contributed by atoms with Gasteiger partial charge in [0.15, 0.2) is 0 Å². The zero-order valence-corrected chi connectivity index (χ0v) is 21.8. The summed E-state index contributed by atoms with van der Waals surface area (Å²) in [4.78, 5) is 2.42. The van der Waals surface area contributed by atoms with E-state index in [-0.39, 0.29) is 5.41 Å². The van der Waals surface area contributed by atoms with Crippen molar-refractivity contribution in [1.29, 1.82) is 0 Å². The van der Waals surface area contributed by atoms with Crippen LogP contribution in [0.5, 0.6) is 0 Å². The Bertz CT molecular complexity index is 1820. The maximum atomic E-state index is 2.42. The monoisotopic (exact) mass is 497 g/mol. The van der Waals surface area contributed by atoms with Crippen LogP contribution in [0.4, 0.5) is 17.1 Å². The minimum atomic E-state index is -0.343. The summed E-state index contributed by atoms with van der Waals surface area (Å²) in [5.74, 6) is 0. The quantitative estimate of drug-likeness (QED) is 0.235. The van der Waals surface area contributed by atoms with Gasteiger partial charge >= 0.3 is 0 Å². The Balaban J connectivity index is 1.49. The summed E-state index contributed by atoms with van der Waals surface area (Å²) in [6.45, 7) is 2.14. The molecule has 1 spiro atoms. The second-order valence-electron chi connectivity index (χ2n) is 10.6. The van der Waals surface area contributed by atoms with Crippen molar-refractivity contribution in [1.82, 2.24) is 0 Å². The van der Waals surface area contributed by atoms with E-state index in [0.29, 0.717) is 0 Å². The van der Waals surface area contributed by atoms with E-state index < -0.39 is 0 Å². The van der Waals surface area contributed by atoms with Gasteiger partial charge in [0.25, 0.3) is 0 Å². The van der Waals surface area contributed by atoms with Crippen molar-refractivity contribution in [2.75, 3.05) is 4.90 Å². The topological polar surface area (TPSA) is 3.24 Å². The molecule has 1 nitrogen and oxygen atoms in total. The zero-order valence-electron chi connectivity index (χ0n) is 21.8. The predicted molar refractivity (Wildman–Crippen MR) is 162 cm³/mol. The molecule has 2 aliphatic rings. The van der Waals surface area contributed by atoms with E-state index in [4.69, 9.17) is 0 Å². The number of fused-ring (bicyclic) bond motifs is 10. The Hall–Kier alpha value is -4.88. The molecule has 0 amide bonds. The third-order valence-corrected chi connectivity index (χ3v) is 8.55. The number of hydrogen-bond donors (Lipinski definition) is 0. The van der Waals surface area contributed by atoms with E-state index in [0.717, 1.165) is 11.4 Å². The van der Waals surface area contributed by atoms with Crippen molar-refractivity contribution < 1.29 is 0 Å². The number of para-hydroxylation sites is 1. The normalized spacial score (nSPS) is 13.5. The van der Waals surface area contributed by atoms with E-state index in [1.165, 1.54) is 55.8 Å². The second-order valence-corrected chi connectivity index (χ2v) is 10.6. The molecule has 6 aromatic carbocycles. The van der Waals surface area contributed by atoms with Crippen LogP contribution in [0, 0.1) is 6.92 Å². The lowest BCUT2D eigenvalue weighted by Gasteiger charge is -2.31. The van der Waals surface area contributed by atoms with Crippen LogP contribution in [-0.2, 0) is 5.41 Å². The van der Waals surface area contributed by atoms with Crippen LogP contribution in [0.15, 0.2) is 146 Å². The Morgan fingerprint density at radius 3 is 1.54 bits per heavy atom. The Morgan fingerprint density at radius 1 is 0.410 bits per heavy atom. The molecule has 2 aliphatic carbocycles. The van der Waals surface area contributed by atoms with E-state index >= 15 is 0 Å². The molecule has 1 heteroatoms. The van der Waals surface area contributed by atoms with Gasteiger partial charge in [-0.3, -0.25) is 0 Å². The molecule has 0 saturated heterocycles. The van der Waals surface area contributed by atoms with Crippen LogP contribution in [0.2, 0.25) is 0 Å². The van der Waals surface area contributed by atoms with Gasteiger partial charge in [-0.15, -0.1) is 0 Å². The molecule has 0 fully saturated rings. The molecule has 0 atom stereocenters. The fourth-order valence-electron chi connectivity index (χ4n) is 7.01. The van der Waals surface area contributed by atoms with Gasteiger partial charge in [-0.1, -0.05) is 121 Å². The van der Waals surface area contributed by atoms with E-state index in [1.54, 1.807) is 0 Å². The smallest absolute Gasteiger partial charge is 0.0726 e. The van der Waals surface area contributed by atoms with Gasteiger partial charge in [-0.05, 0) is 76.2 Å². The van der Waals surface area contributed by atoms with Crippen LogP contribution in [-0.4, -0.2) is 0 Å². The Labute approximate surface area is 229 Å². The van der Waals surface area contributed by atoms with E-state index in [1.807, 2.05) is 0 Å². The first-order chi connectivity index (χ1) is 19.3. The SMILES string of the molecule is Cc1ccc(N(c2ccccc2)c2cccc3c2-c2ccccc2C32c3ccccc3-c3ccccc32)cc1. The lowest BCUT2D eigenvalue weighted by Crippen LogP contribution is -2.26. The summed E-state index contributed by atoms with van der Waals surface area (Å²) >= 11 is 0. The standard InChI is InChI=1S/C38H27N/c1-26-22-24-28(25-23-26)39(27-12-3-2-4-13-27)36-21-11-20-35-37(36)31-16-7-10-19-34(31)38(35)32-17-8-5-14-29(32)30-15-6-9-18-33(30)38/h2-25H,1H3. The van der Waals surface area contributed by atoms with Gasteiger partial charge < -0.3 is 4.90 Å². The van der Waals surface area contributed by atoms with Crippen molar-refractivity contribution in [2.24, 2.45) is 0 Å². The number of nitrogens with zero attached hydrogens (tertiary/aromatic N) is 1. The molecule has 0 saturated carbocycles. The van der Waals surface area contributed by atoms with Crippen LogP contribution in [0.25, 0.3) is 22.3 Å². The number of benzene rings is 6. The molecule has 0 heterocycles. The highest BCUT2D eigenvalue weighted by molar-refractivity contribution is 6.00. The molecule has 39 heavy (non-hydrogen) atoms. The third-order valence-electron chi connectivity index (χ3n) is 8.55. The summed E-state index contributed by atoms with van der Waals surface area (Å²) in [7, 11) is 0.